The molecule has 24 heavy (non-hydrogen) atoms. The largest absolute Gasteiger partial charge is 0.144 e. The van der Waals surface area contributed by atoms with E-state index >= 15 is 0 Å². The summed E-state index contributed by atoms with van der Waals surface area (Å²) in [4.78, 5) is 0. The van der Waals surface area contributed by atoms with Crippen LogP contribution in [0.2, 0.25) is 0 Å². The molecule has 0 saturated heterocycles. The molecule has 1 aromatic heterocycles. The minimum absolute atomic E-state index is 1.12. The first-order valence-electron chi connectivity index (χ1n) is 8.05. The Balaban J connectivity index is 2.49. The first-order chi connectivity index (χ1) is 11.6. The van der Waals surface area contributed by atoms with Crippen LogP contribution in [-0.2, 0) is 0 Å². The van der Waals surface area contributed by atoms with Crippen LogP contribution in [0.5, 0.6) is 0 Å². The van der Waals surface area contributed by atoms with Crippen LogP contribution in [0.15, 0.2) is 78.7 Å². The fourth-order valence-corrected chi connectivity index (χ4v) is 3.37. The van der Waals surface area contributed by atoms with Crippen molar-refractivity contribution in [2.24, 2.45) is 0 Å². The van der Waals surface area contributed by atoms with E-state index in [1.165, 1.54) is 32.0 Å². The summed E-state index contributed by atoms with van der Waals surface area (Å²) in [6.45, 7) is 14.2. The molecule has 0 radical (unpaired) electrons. The van der Waals surface area contributed by atoms with Crippen molar-refractivity contribution in [1.29, 1.82) is 0 Å². The third-order valence-electron chi connectivity index (χ3n) is 3.99. The summed E-state index contributed by atoms with van der Waals surface area (Å²) in [5.41, 5.74) is 5.92. The van der Waals surface area contributed by atoms with Gasteiger partial charge in [-0.2, -0.15) is 0 Å². The Bertz CT molecular complexity index is 900. The van der Waals surface area contributed by atoms with Gasteiger partial charge in [0.05, 0.1) is 0 Å². The average Bonchev–Trinajstić information content (AvgIpc) is 3.06. The maximum absolute atomic E-state index is 4.00. The number of allylic oxidation sites excluding steroid dienone is 6. The van der Waals surface area contributed by atoms with Crippen molar-refractivity contribution < 1.29 is 0 Å². The predicted molar refractivity (Wildman–Crippen MR) is 110 cm³/mol. The summed E-state index contributed by atoms with van der Waals surface area (Å²) in [6, 6.07) is 10.7. The van der Waals surface area contributed by atoms with Gasteiger partial charge in [0.2, 0.25) is 0 Å². The quantitative estimate of drug-likeness (QED) is 0.642. The maximum atomic E-state index is 4.00. The van der Waals surface area contributed by atoms with Crippen molar-refractivity contribution in [3.8, 4) is 0 Å². The van der Waals surface area contributed by atoms with Gasteiger partial charge in [0, 0.05) is 4.53 Å². The van der Waals surface area contributed by atoms with Crippen molar-refractivity contribution in [3.05, 3.63) is 99.6 Å². The highest BCUT2D eigenvalue weighted by Gasteiger charge is 2.00. The monoisotopic (exact) mass is 332 g/mol. The van der Waals surface area contributed by atoms with Crippen molar-refractivity contribution in [3.63, 3.8) is 0 Å². The molecule has 0 spiro atoms. The van der Waals surface area contributed by atoms with Crippen LogP contribution in [0.25, 0.3) is 17.2 Å². The molecule has 1 heterocycles. The lowest BCUT2D eigenvalue weighted by molar-refractivity contribution is 1.45. The van der Waals surface area contributed by atoms with E-state index in [2.05, 4.69) is 87.9 Å². The molecule has 0 atom stereocenters. The summed E-state index contributed by atoms with van der Waals surface area (Å²) in [5.74, 6) is 0. The van der Waals surface area contributed by atoms with Gasteiger partial charge in [0.25, 0.3) is 0 Å². The lowest BCUT2D eigenvalue weighted by atomic mass is 10.0. The zero-order valence-corrected chi connectivity index (χ0v) is 15.5. The average molecular weight is 333 g/mol. The van der Waals surface area contributed by atoms with E-state index in [1.807, 2.05) is 12.2 Å². The minimum atomic E-state index is 1.12. The fourth-order valence-electron chi connectivity index (χ4n) is 2.58. The number of hydrogen-bond donors (Lipinski definition) is 0. The molecule has 0 unspecified atom stereocenters. The molecule has 1 heteroatoms. The summed E-state index contributed by atoms with van der Waals surface area (Å²) in [5, 5.41) is 3.37. The van der Waals surface area contributed by atoms with Crippen LogP contribution in [-0.4, -0.2) is 0 Å². The Morgan fingerprint density at radius 2 is 1.71 bits per heavy atom. The van der Waals surface area contributed by atoms with Crippen molar-refractivity contribution in [1.82, 2.24) is 0 Å². The summed E-state index contributed by atoms with van der Waals surface area (Å²) in [6.07, 6.45) is 10.3. The topological polar surface area (TPSA) is 0 Å². The zero-order chi connectivity index (χ0) is 17.5. The molecule has 0 N–H and O–H groups in total. The Labute approximate surface area is 149 Å². The molecule has 0 saturated carbocycles. The highest BCUT2D eigenvalue weighted by molar-refractivity contribution is 7.07. The molecular formula is C23H24S. The van der Waals surface area contributed by atoms with Crippen LogP contribution < -0.4 is 9.75 Å². The van der Waals surface area contributed by atoms with Crippen LogP contribution in [0.1, 0.15) is 25.0 Å². The summed E-state index contributed by atoms with van der Waals surface area (Å²) < 4.78 is 1.28. The number of hydrogen-bond acceptors (Lipinski definition) is 1. The molecule has 0 nitrogen and oxygen atoms in total. The molecule has 0 fully saturated rings. The lowest BCUT2D eigenvalue weighted by Gasteiger charge is -2.04. The Morgan fingerprint density at radius 3 is 2.29 bits per heavy atom. The van der Waals surface area contributed by atoms with Crippen molar-refractivity contribution in [2.75, 3.05) is 0 Å². The Hall–Kier alpha value is -2.38. The third kappa shape index (κ3) is 4.12. The molecule has 0 bridgehead atoms. The van der Waals surface area contributed by atoms with Gasteiger partial charge in [0.1, 0.15) is 0 Å². The van der Waals surface area contributed by atoms with E-state index in [0.29, 0.717) is 0 Å². The number of thiophene rings is 1. The number of benzene rings is 1. The Kier molecular flexibility index (Phi) is 6.34. The molecule has 0 aliphatic carbocycles. The second kappa shape index (κ2) is 8.47. The fraction of sp³-hybridized carbons (Fsp3) is 0.130. The van der Waals surface area contributed by atoms with E-state index in [0.717, 1.165) is 5.57 Å². The molecule has 0 aliphatic heterocycles. The molecule has 122 valence electrons. The third-order valence-corrected chi connectivity index (χ3v) is 4.98. The smallest absolute Gasteiger partial charge is 0.0306 e. The zero-order valence-electron chi connectivity index (χ0n) is 14.7. The van der Waals surface area contributed by atoms with Gasteiger partial charge in [-0.3, -0.25) is 0 Å². The predicted octanol–water partition coefficient (Wildman–Crippen LogP) is 5.41. The highest BCUT2D eigenvalue weighted by atomic mass is 32.1. The normalized spacial score (nSPS) is 14.5. The first kappa shape index (κ1) is 18.0. The summed E-state index contributed by atoms with van der Waals surface area (Å²) >= 11 is 1.75. The minimum Gasteiger partial charge on any atom is -0.144 e. The van der Waals surface area contributed by atoms with Gasteiger partial charge in [-0.15, -0.1) is 11.3 Å². The van der Waals surface area contributed by atoms with E-state index in [-0.39, 0.29) is 0 Å². The van der Waals surface area contributed by atoms with Crippen LogP contribution in [0.4, 0.5) is 0 Å². The van der Waals surface area contributed by atoms with Gasteiger partial charge in [-0.05, 0) is 59.7 Å². The van der Waals surface area contributed by atoms with Crippen molar-refractivity contribution >= 4 is 28.6 Å². The molecule has 2 rings (SSSR count). The second-order valence-electron chi connectivity index (χ2n) is 5.65. The van der Waals surface area contributed by atoms with E-state index in [9.17, 15) is 0 Å². The highest BCUT2D eigenvalue weighted by Crippen LogP contribution is 2.18. The van der Waals surface area contributed by atoms with Crippen molar-refractivity contribution in [2.45, 2.75) is 20.8 Å². The van der Waals surface area contributed by atoms with E-state index < -0.39 is 0 Å². The van der Waals surface area contributed by atoms with Gasteiger partial charge in [-0.25, -0.2) is 0 Å². The number of rotatable bonds is 5. The van der Waals surface area contributed by atoms with Crippen LogP contribution in [0, 0.1) is 6.92 Å². The van der Waals surface area contributed by atoms with Crippen LogP contribution in [0.3, 0.4) is 0 Å². The standard InChI is InChI=1S/C23H24S/c1-6-19(20-12-9-17(4)10-13-20)14-11-18(5)21(7-2)22-15-16-24-23(22)8-3/h6-16H,1-2H2,3-5H3/b18-11+,19-14+,22-21+,23-8+. The van der Waals surface area contributed by atoms with Gasteiger partial charge in [-0.1, -0.05) is 73.4 Å². The second-order valence-corrected chi connectivity index (χ2v) is 6.59. The van der Waals surface area contributed by atoms with E-state index in [4.69, 9.17) is 0 Å². The number of aryl methyl sites for hydroxylation is 1. The van der Waals surface area contributed by atoms with Gasteiger partial charge in [0.15, 0.2) is 0 Å². The Morgan fingerprint density at radius 1 is 1.00 bits per heavy atom. The summed E-state index contributed by atoms with van der Waals surface area (Å²) in [7, 11) is 0. The maximum Gasteiger partial charge on any atom is 0.0306 e. The molecular weight excluding hydrogens is 308 g/mol. The van der Waals surface area contributed by atoms with E-state index in [1.54, 1.807) is 11.3 Å². The van der Waals surface area contributed by atoms with Crippen LogP contribution >= 0.6 is 11.3 Å². The molecule has 2 aromatic rings. The SMILES string of the molecule is C=C\C(=C/C=C(C)/C(C=C)=c1\ccs\c1=C\C)c1ccc(C)cc1. The lowest BCUT2D eigenvalue weighted by Crippen LogP contribution is -2.20. The molecule has 0 aliphatic rings. The van der Waals surface area contributed by atoms with Gasteiger partial charge >= 0.3 is 0 Å². The van der Waals surface area contributed by atoms with Gasteiger partial charge < -0.3 is 0 Å². The molecule has 1 aromatic carbocycles. The first-order valence-corrected chi connectivity index (χ1v) is 8.93. The molecule has 0 amide bonds.